The highest BCUT2D eigenvalue weighted by atomic mass is 35.5. The Balaban J connectivity index is 1.52. The predicted molar refractivity (Wildman–Crippen MR) is 115 cm³/mol. The van der Waals surface area contributed by atoms with Gasteiger partial charge in [-0.1, -0.05) is 29.8 Å². The van der Waals surface area contributed by atoms with E-state index in [1.54, 1.807) is 50.6 Å². The summed E-state index contributed by atoms with van der Waals surface area (Å²) >= 11 is 6.00. The quantitative estimate of drug-likeness (QED) is 0.487. The third-order valence-corrected chi connectivity index (χ3v) is 4.88. The summed E-state index contributed by atoms with van der Waals surface area (Å²) in [6.07, 6.45) is 1.68. The normalized spacial score (nSPS) is 13.7. The van der Waals surface area contributed by atoms with Crippen LogP contribution in [0.2, 0.25) is 5.02 Å². The topological polar surface area (TPSA) is 54.0 Å². The Hall–Kier alpha value is -3.44. The molecule has 0 saturated heterocycles. The standard InChI is InChI=1S/C24H19ClO5/c1-27-20-9-6-15(11-22(20)28-2)12-23-24(26)19-8-7-18(13-21(19)30-23)29-14-16-4-3-5-17(25)10-16/h3-13H,14H2,1-2H3/b23-12-. The summed E-state index contributed by atoms with van der Waals surface area (Å²) in [5.41, 5.74) is 2.21. The third-order valence-electron chi connectivity index (χ3n) is 4.64. The number of hydrogen-bond donors (Lipinski definition) is 0. The van der Waals surface area contributed by atoms with Crippen molar-refractivity contribution in [2.45, 2.75) is 6.61 Å². The second-order valence-corrected chi connectivity index (χ2v) is 7.07. The maximum Gasteiger partial charge on any atom is 0.231 e. The summed E-state index contributed by atoms with van der Waals surface area (Å²) in [5.74, 6) is 2.32. The first-order valence-corrected chi connectivity index (χ1v) is 9.63. The Morgan fingerprint density at radius 2 is 1.80 bits per heavy atom. The molecule has 5 nitrogen and oxygen atoms in total. The lowest BCUT2D eigenvalue weighted by atomic mass is 10.1. The van der Waals surface area contributed by atoms with Crippen molar-refractivity contribution in [3.8, 4) is 23.0 Å². The lowest BCUT2D eigenvalue weighted by Gasteiger charge is -2.08. The van der Waals surface area contributed by atoms with Gasteiger partial charge in [0.25, 0.3) is 0 Å². The molecule has 0 aliphatic carbocycles. The first-order valence-electron chi connectivity index (χ1n) is 9.25. The molecule has 0 N–H and O–H groups in total. The Morgan fingerprint density at radius 1 is 0.967 bits per heavy atom. The smallest absolute Gasteiger partial charge is 0.231 e. The number of carbonyl (C=O) groups excluding carboxylic acids is 1. The van der Waals surface area contributed by atoms with Crippen LogP contribution in [0.1, 0.15) is 21.5 Å². The van der Waals surface area contributed by atoms with E-state index in [2.05, 4.69) is 0 Å². The second kappa shape index (κ2) is 8.51. The lowest BCUT2D eigenvalue weighted by Crippen LogP contribution is -1.98. The molecule has 0 unspecified atom stereocenters. The zero-order valence-electron chi connectivity index (χ0n) is 16.5. The summed E-state index contributed by atoms with van der Waals surface area (Å²) in [6, 6.07) is 18.0. The van der Waals surface area contributed by atoms with Crippen LogP contribution in [-0.2, 0) is 6.61 Å². The van der Waals surface area contributed by atoms with Crippen LogP contribution < -0.4 is 18.9 Å². The van der Waals surface area contributed by atoms with E-state index in [1.807, 2.05) is 30.3 Å². The molecule has 0 bridgehead atoms. The fraction of sp³-hybridized carbons (Fsp3) is 0.125. The van der Waals surface area contributed by atoms with Gasteiger partial charge in [-0.2, -0.15) is 0 Å². The highest BCUT2D eigenvalue weighted by Crippen LogP contribution is 2.36. The molecular weight excluding hydrogens is 404 g/mol. The number of benzene rings is 3. The van der Waals surface area contributed by atoms with Gasteiger partial charge in [0, 0.05) is 11.1 Å². The first-order chi connectivity index (χ1) is 14.6. The molecule has 1 heterocycles. The van der Waals surface area contributed by atoms with Gasteiger partial charge in [-0.05, 0) is 53.6 Å². The van der Waals surface area contributed by atoms with Crippen molar-refractivity contribution >= 4 is 23.5 Å². The maximum absolute atomic E-state index is 12.7. The van der Waals surface area contributed by atoms with Crippen LogP contribution in [0.15, 0.2) is 66.4 Å². The Bertz CT molecular complexity index is 1140. The molecule has 0 amide bonds. The Labute approximate surface area is 179 Å². The number of methoxy groups -OCH3 is 2. The van der Waals surface area contributed by atoms with Crippen molar-refractivity contribution < 1.29 is 23.7 Å². The maximum atomic E-state index is 12.7. The van der Waals surface area contributed by atoms with Gasteiger partial charge in [0.05, 0.1) is 19.8 Å². The molecule has 0 atom stereocenters. The number of ether oxygens (including phenoxy) is 4. The monoisotopic (exact) mass is 422 g/mol. The van der Waals surface area contributed by atoms with Gasteiger partial charge in [0.15, 0.2) is 17.3 Å². The number of Topliss-reactive ketones (excluding diaryl/α,β-unsaturated/α-hetero) is 1. The molecule has 6 heteroatoms. The molecule has 152 valence electrons. The predicted octanol–water partition coefficient (Wildman–Crippen LogP) is 5.55. The molecule has 1 aliphatic heterocycles. The van der Waals surface area contributed by atoms with Gasteiger partial charge in [0.1, 0.15) is 18.1 Å². The van der Waals surface area contributed by atoms with Gasteiger partial charge in [-0.3, -0.25) is 4.79 Å². The van der Waals surface area contributed by atoms with Gasteiger partial charge in [0.2, 0.25) is 5.78 Å². The fourth-order valence-corrected chi connectivity index (χ4v) is 3.36. The summed E-state index contributed by atoms with van der Waals surface area (Å²) in [7, 11) is 3.13. The highest BCUT2D eigenvalue weighted by Gasteiger charge is 2.27. The molecule has 1 aliphatic rings. The van der Waals surface area contributed by atoms with E-state index in [9.17, 15) is 4.79 Å². The van der Waals surface area contributed by atoms with Crippen molar-refractivity contribution in [3.63, 3.8) is 0 Å². The van der Waals surface area contributed by atoms with Crippen molar-refractivity contribution in [2.24, 2.45) is 0 Å². The highest BCUT2D eigenvalue weighted by molar-refractivity contribution is 6.30. The fourth-order valence-electron chi connectivity index (χ4n) is 3.14. The molecular formula is C24H19ClO5. The number of rotatable bonds is 6. The van der Waals surface area contributed by atoms with Crippen LogP contribution >= 0.6 is 11.6 Å². The van der Waals surface area contributed by atoms with E-state index >= 15 is 0 Å². The zero-order valence-corrected chi connectivity index (χ0v) is 17.2. The minimum Gasteiger partial charge on any atom is -0.493 e. The van der Waals surface area contributed by atoms with Crippen LogP contribution in [0.3, 0.4) is 0 Å². The largest absolute Gasteiger partial charge is 0.493 e. The molecule has 3 aromatic rings. The average Bonchev–Trinajstić information content (AvgIpc) is 3.06. The SMILES string of the molecule is COc1ccc(/C=C2\Oc3cc(OCc4cccc(Cl)c4)ccc3C2=O)cc1OC. The van der Waals surface area contributed by atoms with Crippen molar-refractivity contribution in [1.82, 2.24) is 0 Å². The zero-order chi connectivity index (χ0) is 21.1. The van der Waals surface area contributed by atoms with E-state index in [1.165, 1.54) is 0 Å². The van der Waals surface area contributed by atoms with Crippen molar-refractivity contribution in [1.29, 1.82) is 0 Å². The number of halogens is 1. The number of hydrogen-bond acceptors (Lipinski definition) is 5. The summed E-state index contributed by atoms with van der Waals surface area (Å²) in [6.45, 7) is 0.363. The Kier molecular flexibility index (Phi) is 5.63. The first kappa shape index (κ1) is 19.9. The van der Waals surface area contributed by atoms with E-state index in [-0.39, 0.29) is 11.5 Å². The Morgan fingerprint density at radius 3 is 2.57 bits per heavy atom. The van der Waals surface area contributed by atoms with Crippen molar-refractivity contribution in [2.75, 3.05) is 14.2 Å². The number of fused-ring (bicyclic) bond motifs is 1. The molecule has 30 heavy (non-hydrogen) atoms. The average molecular weight is 423 g/mol. The summed E-state index contributed by atoms with van der Waals surface area (Å²) < 4.78 is 22.2. The van der Waals surface area contributed by atoms with Crippen molar-refractivity contribution in [3.05, 3.63) is 88.1 Å². The minimum absolute atomic E-state index is 0.179. The van der Waals surface area contributed by atoms with E-state index < -0.39 is 0 Å². The van der Waals surface area contributed by atoms with E-state index in [0.717, 1.165) is 11.1 Å². The number of allylic oxidation sites excluding steroid dienone is 1. The molecule has 0 radical (unpaired) electrons. The summed E-state index contributed by atoms with van der Waals surface area (Å²) in [5, 5.41) is 0.656. The second-order valence-electron chi connectivity index (χ2n) is 6.63. The molecule has 0 fully saturated rings. The lowest BCUT2D eigenvalue weighted by molar-refractivity contribution is 0.101. The van der Waals surface area contributed by atoms with Gasteiger partial charge >= 0.3 is 0 Å². The molecule has 3 aromatic carbocycles. The van der Waals surface area contributed by atoms with E-state index in [0.29, 0.717) is 40.2 Å². The number of carbonyl (C=O) groups is 1. The summed E-state index contributed by atoms with van der Waals surface area (Å²) in [4.78, 5) is 12.7. The molecule has 4 rings (SSSR count). The van der Waals surface area contributed by atoms with Crippen LogP contribution in [0.4, 0.5) is 0 Å². The van der Waals surface area contributed by atoms with Gasteiger partial charge < -0.3 is 18.9 Å². The number of ketones is 1. The third kappa shape index (κ3) is 4.11. The molecule has 0 spiro atoms. The van der Waals surface area contributed by atoms with Crippen LogP contribution in [0.25, 0.3) is 6.08 Å². The molecule has 0 aromatic heterocycles. The van der Waals surface area contributed by atoms with Crippen LogP contribution in [0.5, 0.6) is 23.0 Å². The molecule has 0 saturated carbocycles. The van der Waals surface area contributed by atoms with Crippen LogP contribution in [-0.4, -0.2) is 20.0 Å². The van der Waals surface area contributed by atoms with Crippen LogP contribution in [0, 0.1) is 0 Å². The minimum atomic E-state index is -0.179. The van der Waals surface area contributed by atoms with Gasteiger partial charge in [-0.25, -0.2) is 0 Å². The van der Waals surface area contributed by atoms with Gasteiger partial charge in [-0.15, -0.1) is 0 Å². The van der Waals surface area contributed by atoms with E-state index in [4.69, 9.17) is 30.5 Å².